The molecular formula is C12H17N3S. The van der Waals surface area contributed by atoms with E-state index in [1.807, 2.05) is 0 Å². The third-order valence-corrected chi connectivity index (χ3v) is 4.44. The molecule has 2 heterocycles. The Morgan fingerprint density at radius 3 is 2.81 bits per heavy atom. The maximum Gasteiger partial charge on any atom is 0.130 e. The van der Waals surface area contributed by atoms with Gasteiger partial charge in [-0.3, -0.25) is 0 Å². The summed E-state index contributed by atoms with van der Waals surface area (Å²) in [6.07, 6.45) is 2.39. The lowest BCUT2D eigenvalue weighted by Gasteiger charge is -2.35. The van der Waals surface area contributed by atoms with Gasteiger partial charge < -0.3 is 16.0 Å². The van der Waals surface area contributed by atoms with Crippen LogP contribution in [0.25, 0.3) is 0 Å². The van der Waals surface area contributed by atoms with Crippen LogP contribution in [0.1, 0.15) is 12.8 Å². The molecule has 3 N–H and O–H groups in total. The SMILES string of the molecule is NC1Sc2ccccc2N1C1CCNCC1. The van der Waals surface area contributed by atoms with Crippen LogP contribution in [-0.2, 0) is 0 Å². The fourth-order valence-electron chi connectivity index (χ4n) is 2.58. The zero-order valence-corrected chi connectivity index (χ0v) is 10.0. The highest BCUT2D eigenvalue weighted by atomic mass is 32.2. The second-order valence-corrected chi connectivity index (χ2v) is 5.52. The highest BCUT2D eigenvalue weighted by Crippen LogP contribution is 2.43. The molecule has 2 aliphatic rings. The van der Waals surface area contributed by atoms with Crippen molar-refractivity contribution in [1.29, 1.82) is 0 Å². The Morgan fingerprint density at radius 1 is 1.25 bits per heavy atom. The summed E-state index contributed by atoms with van der Waals surface area (Å²) in [5.41, 5.74) is 7.65. The molecule has 0 amide bonds. The third kappa shape index (κ3) is 1.71. The van der Waals surface area contributed by atoms with Crippen LogP contribution in [0.5, 0.6) is 0 Å². The summed E-state index contributed by atoms with van der Waals surface area (Å²) in [7, 11) is 0. The number of thioether (sulfide) groups is 1. The van der Waals surface area contributed by atoms with Gasteiger partial charge in [0.15, 0.2) is 0 Å². The van der Waals surface area contributed by atoms with E-state index >= 15 is 0 Å². The molecule has 1 aromatic rings. The highest BCUT2D eigenvalue weighted by molar-refractivity contribution is 8.00. The van der Waals surface area contributed by atoms with E-state index in [9.17, 15) is 0 Å². The molecule has 3 rings (SSSR count). The molecule has 0 radical (unpaired) electrons. The molecule has 0 bridgehead atoms. The van der Waals surface area contributed by atoms with Crippen molar-refractivity contribution in [2.24, 2.45) is 5.73 Å². The minimum atomic E-state index is 0.0977. The minimum absolute atomic E-state index is 0.0977. The predicted molar refractivity (Wildman–Crippen MR) is 68.6 cm³/mol. The maximum absolute atomic E-state index is 6.23. The number of hydrogen-bond acceptors (Lipinski definition) is 4. The van der Waals surface area contributed by atoms with Gasteiger partial charge in [0.2, 0.25) is 0 Å². The summed E-state index contributed by atoms with van der Waals surface area (Å²) in [6.45, 7) is 2.22. The number of nitrogens with zero attached hydrogens (tertiary/aromatic N) is 1. The van der Waals surface area contributed by atoms with Crippen LogP contribution < -0.4 is 16.0 Å². The van der Waals surface area contributed by atoms with Crippen molar-refractivity contribution in [2.75, 3.05) is 18.0 Å². The van der Waals surface area contributed by atoms with Crippen molar-refractivity contribution in [1.82, 2.24) is 5.32 Å². The fourth-order valence-corrected chi connectivity index (χ4v) is 3.69. The summed E-state index contributed by atoms with van der Waals surface area (Å²) in [5.74, 6) is 0. The molecule has 2 aliphatic heterocycles. The van der Waals surface area contributed by atoms with Crippen molar-refractivity contribution in [3.63, 3.8) is 0 Å². The van der Waals surface area contributed by atoms with Crippen molar-refractivity contribution in [2.45, 2.75) is 29.3 Å². The number of benzene rings is 1. The van der Waals surface area contributed by atoms with E-state index in [1.54, 1.807) is 11.8 Å². The van der Waals surface area contributed by atoms with Crippen LogP contribution in [0.3, 0.4) is 0 Å². The zero-order valence-electron chi connectivity index (χ0n) is 9.23. The number of piperidine rings is 1. The van der Waals surface area contributed by atoms with Crippen molar-refractivity contribution < 1.29 is 0 Å². The zero-order chi connectivity index (χ0) is 11.0. The first-order valence-electron chi connectivity index (χ1n) is 5.86. The standard InChI is InChI=1S/C12H17N3S/c13-12-15(9-5-7-14-8-6-9)10-3-1-2-4-11(10)16-12/h1-4,9,12,14H,5-8,13H2. The quantitative estimate of drug-likeness (QED) is 0.775. The molecule has 0 aromatic heterocycles. The van der Waals surface area contributed by atoms with E-state index < -0.39 is 0 Å². The number of fused-ring (bicyclic) bond motifs is 1. The van der Waals surface area contributed by atoms with Crippen LogP contribution >= 0.6 is 11.8 Å². The molecule has 0 spiro atoms. The second kappa shape index (κ2) is 4.28. The molecule has 1 saturated heterocycles. The van der Waals surface area contributed by atoms with Crippen LogP contribution in [0.2, 0.25) is 0 Å². The molecular weight excluding hydrogens is 218 g/mol. The van der Waals surface area contributed by atoms with Gasteiger partial charge in [-0.15, -0.1) is 0 Å². The van der Waals surface area contributed by atoms with Crippen LogP contribution in [0.15, 0.2) is 29.2 Å². The molecule has 0 saturated carbocycles. The van der Waals surface area contributed by atoms with Crippen LogP contribution in [0, 0.1) is 0 Å². The predicted octanol–water partition coefficient (Wildman–Crippen LogP) is 1.59. The van der Waals surface area contributed by atoms with Gasteiger partial charge in [0, 0.05) is 10.9 Å². The molecule has 4 heteroatoms. The Labute approximate surface area is 100 Å². The molecule has 1 atom stereocenters. The average molecular weight is 235 g/mol. The Kier molecular flexibility index (Phi) is 2.79. The summed E-state index contributed by atoms with van der Waals surface area (Å²) in [6, 6.07) is 9.15. The van der Waals surface area contributed by atoms with Crippen LogP contribution in [-0.4, -0.2) is 24.6 Å². The van der Waals surface area contributed by atoms with Crippen molar-refractivity contribution in [3.8, 4) is 0 Å². The monoisotopic (exact) mass is 235 g/mol. The van der Waals surface area contributed by atoms with E-state index in [0.29, 0.717) is 6.04 Å². The number of para-hydroxylation sites is 1. The smallest absolute Gasteiger partial charge is 0.130 e. The van der Waals surface area contributed by atoms with E-state index in [4.69, 9.17) is 5.73 Å². The van der Waals surface area contributed by atoms with Gasteiger partial charge in [0.05, 0.1) is 5.69 Å². The molecule has 1 fully saturated rings. The first-order valence-corrected chi connectivity index (χ1v) is 6.74. The summed E-state index contributed by atoms with van der Waals surface area (Å²) in [5, 5.41) is 3.40. The summed E-state index contributed by atoms with van der Waals surface area (Å²) < 4.78 is 0. The van der Waals surface area contributed by atoms with Gasteiger partial charge in [-0.25, -0.2) is 0 Å². The molecule has 0 aliphatic carbocycles. The lowest BCUT2D eigenvalue weighted by atomic mass is 10.0. The lowest BCUT2D eigenvalue weighted by Crippen LogP contribution is -2.48. The van der Waals surface area contributed by atoms with E-state index in [0.717, 1.165) is 13.1 Å². The van der Waals surface area contributed by atoms with Gasteiger partial charge in [-0.1, -0.05) is 23.9 Å². The molecule has 1 aromatic carbocycles. The normalized spacial score (nSPS) is 25.8. The second-order valence-electron chi connectivity index (χ2n) is 4.36. The van der Waals surface area contributed by atoms with Crippen LogP contribution in [0.4, 0.5) is 5.69 Å². The van der Waals surface area contributed by atoms with E-state index in [-0.39, 0.29) is 5.50 Å². The van der Waals surface area contributed by atoms with Gasteiger partial charge in [-0.05, 0) is 38.1 Å². The number of anilines is 1. The molecule has 3 nitrogen and oxygen atoms in total. The fraction of sp³-hybridized carbons (Fsp3) is 0.500. The molecule has 86 valence electrons. The third-order valence-electron chi connectivity index (χ3n) is 3.37. The molecule has 1 unspecified atom stereocenters. The van der Waals surface area contributed by atoms with E-state index in [2.05, 4.69) is 34.5 Å². The van der Waals surface area contributed by atoms with Gasteiger partial charge >= 0.3 is 0 Å². The number of rotatable bonds is 1. The number of nitrogens with one attached hydrogen (secondary N) is 1. The van der Waals surface area contributed by atoms with Gasteiger partial charge in [-0.2, -0.15) is 0 Å². The topological polar surface area (TPSA) is 41.3 Å². The maximum atomic E-state index is 6.23. The van der Waals surface area contributed by atoms with E-state index in [1.165, 1.54) is 23.4 Å². The summed E-state index contributed by atoms with van der Waals surface area (Å²) in [4.78, 5) is 3.73. The molecule has 16 heavy (non-hydrogen) atoms. The largest absolute Gasteiger partial charge is 0.343 e. The first-order chi connectivity index (χ1) is 7.86. The van der Waals surface area contributed by atoms with Gasteiger partial charge in [0.1, 0.15) is 5.50 Å². The van der Waals surface area contributed by atoms with Crippen molar-refractivity contribution >= 4 is 17.4 Å². The number of nitrogens with two attached hydrogens (primary N) is 1. The summed E-state index contributed by atoms with van der Waals surface area (Å²) >= 11 is 1.78. The Morgan fingerprint density at radius 2 is 2.00 bits per heavy atom. The Bertz CT molecular complexity index is 376. The minimum Gasteiger partial charge on any atom is -0.343 e. The first kappa shape index (κ1) is 10.4. The van der Waals surface area contributed by atoms with Crippen molar-refractivity contribution in [3.05, 3.63) is 24.3 Å². The average Bonchev–Trinajstić information content (AvgIpc) is 2.66. The highest BCUT2D eigenvalue weighted by Gasteiger charge is 2.32. The number of hydrogen-bond donors (Lipinski definition) is 2. The van der Waals surface area contributed by atoms with Gasteiger partial charge in [0.25, 0.3) is 0 Å². The Hall–Kier alpha value is -0.710. The lowest BCUT2D eigenvalue weighted by molar-refractivity contribution is 0.427. The Balaban J connectivity index is 1.89.